The first-order chi connectivity index (χ1) is 8.24. The molecule has 17 heavy (non-hydrogen) atoms. The first-order valence-corrected chi connectivity index (χ1v) is 6.71. The fraction of sp³-hybridized carbons (Fsp3) is 0.357. The van der Waals surface area contributed by atoms with Crippen molar-refractivity contribution < 1.29 is 4.79 Å². The van der Waals surface area contributed by atoms with Gasteiger partial charge in [0.1, 0.15) is 0 Å². The van der Waals surface area contributed by atoms with Crippen LogP contribution in [0.25, 0.3) is 0 Å². The van der Waals surface area contributed by atoms with Gasteiger partial charge < -0.3 is 5.32 Å². The van der Waals surface area contributed by atoms with E-state index in [2.05, 4.69) is 33.4 Å². The number of benzene rings is 1. The van der Waals surface area contributed by atoms with Gasteiger partial charge in [0.15, 0.2) is 0 Å². The van der Waals surface area contributed by atoms with Crippen LogP contribution in [0.1, 0.15) is 24.8 Å². The Labute approximate surface area is 110 Å². The van der Waals surface area contributed by atoms with Crippen LogP contribution in [0.2, 0.25) is 0 Å². The second kappa shape index (κ2) is 6.01. The predicted molar refractivity (Wildman–Crippen MR) is 72.5 cm³/mol. The Balaban J connectivity index is 1.75. The Morgan fingerprint density at radius 3 is 2.76 bits per heavy atom. The van der Waals surface area contributed by atoms with Crippen LogP contribution in [0.3, 0.4) is 0 Å². The fourth-order valence-corrected chi connectivity index (χ4v) is 2.24. The van der Waals surface area contributed by atoms with Crippen molar-refractivity contribution in [3.63, 3.8) is 0 Å². The molecule has 1 aliphatic rings. The van der Waals surface area contributed by atoms with Crippen LogP contribution in [0.5, 0.6) is 0 Å². The number of amides is 1. The molecule has 1 atom stereocenters. The van der Waals surface area contributed by atoms with E-state index in [0.717, 1.165) is 22.9 Å². The zero-order valence-electron chi connectivity index (χ0n) is 9.66. The number of nitrogens with one attached hydrogen (secondary N) is 1. The first-order valence-electron chi connectivity index (χ1n) is 5.92. The van der Waals surface area contributed by atoms with Gasteiger partial charge in [-0.2, -0.15) is 0 Å². The number of carbonyl (C=O) groups excluding carboxylic acids is 1. The molecule has 0 aromatic heterocycles. The highest BCUT2D eigenvalue weighted by molar-refractivity contribution is 9.10. The van der Waals surface area contributed by atoms with Gasteiger partial charge in [-0.25, -0.2) is 0 Å². The molecule has 0 saturated carbocycles. The molecule has 3 heteroatoms. The highest BCUT2D eigenvalue weighted by atomic mass is 79.9. The molecule has 1 aromatic carbocycles. The van der Waals surface area contributed by atoms with E-state index in [1.807, 2.05) is 24.3 Å². The number of allylic oxidation sites excluding steroid dienone is 2. The van der Waals surface area contributed by atoms with E-state index in [1.54, 1.807) is 0 Å². The lowest BCUT2D eigenvalue weighted by atomic mass is 10.1. The van der Waals surface area contributed by atoms with Gasteiger partial charge in [0.25, 0.3) is 0 Å². The first kappa shape index (κ1) is 12.4. The maximum Gasteiger partial charge on any atom is 0.220 e. The largest absolute Gasteiger partial charge is 0.352 e. The summed E-state index contributed by atoms with van der Waals surface area (Å²) in [7, 11) is 0. The molecule has 0 heterocycles. The standard InChI is InChI=1S/C14H16BrNO/c15-13-7-5-12(6-8-13)10-16-14(17)9-11-3-1-2-4-11/h1,3,5-8,11H,2,4,9-10H2,(H,16,17). The molecule has 2 nitrogen and oxygen atoms in total. The maximum absolute atomic E-state index is 11.7. The Morgan fingerprint density at radius 1 is 1.35 bits per heavy atom. The maximum atomic E-state index is 11.7. The van der Waals surface area contributed by atoms with Crippen LogP contribution < -0.4 is 5.32 Å². The van der Waals surface area contributed by atoms with E-state index in [0.29, 0.717) is 18.9 Å². The van der Waals surface area contributed by atoms with Crippen molar-refractivity contribution in [2.75, 3.05) is 0 Å². The summed E-state index contributed by atoms with van der Waals surface area (Å²) in [5.74, 6) is 0.587. The van der Waals surface area contributed by atoms with Gasteiger partial charge in [-0.3, -0.25) is 4.79 Å². The van der Waals surface area contributed by atoms with Crippen molar-refractivity contribution >= 4 is 21.8 Å². The lowest BCUT2D eigenvalue weighted by molar-refractivity contribution is -0.121. The third-order valence-corrected chi connectivity index (χ3v) is 3.49. The van der Waals surface area contributed by atoms with Gasteiger partial charge in [-0.15, -0.1) is 0 Å². The van der Waals surface area contributed by atoms with Crippen LogP contribution in [0, 0.1) is 5.92 Å². The summed E-state index contributed by atoms with van der Waals surface area (Å²) in [4.78, 5) is 11.7. The topological polar surface area (TPSA) is 29.1 Å². The smallest absolute Gasteiger partial charge is 0.220 e. The molecule has 0 bridgehead atoms. The predicted octanol–water partition coefficient (Wildman–Crippen LogP) is 3.42. The van der Waals surface area contributed by atoms with Crippen LogP contribution in [-0.4, -0.2) is 5.91 Å². The second-order valence-electron chi connectivity index (χ2n) is 4.37. The second-order valence-corrected chi connectivity index (χ2v) is 5.29. The number of hydrogen-bond acceptors (Lipinski definition) is 1. The van der Waals surface area contributed by atoms with E-state index in [9.17, 15) is 4.79 Å². The number of carbonyl (C=O) groups is 1. The Kier molecular flexibility index (Phi) is 4.37. The molecule has 90 valence electrons. The molecular formula is C14H16BrNO. The van der Waals surface area contributed by atoms with Gasteiger partial charge in [0.05, 0.1) is 0 Å². The van der Waals surface area contributed by atoms with E-state index in [1.165, 1.54) is 0 Å². The van der Waals surface area contributed by atoms with Crippen molar-refractivity contribution in [3.8, 4) is 0 Å². The molecule has 0 saturated heterocycles. The average Bonchev–Trinajstić information content (AvgIpc) is 2.81. The van der Waals surface area contributed by atoms with Crippen molar-refractivity contribution in [3.05, 3.63) is 46.5 Å². The fourth-order valence-electron chi connectivity index (χ4n) is 1.98. The van der Waals surface area contributed by atoms with Crippen LogP contribution in [-0.2, 0) is 11.3 Å². The summed E-state index contributed by atoms with van der Waals surface area (Å²) in [5, 5.41) is 2.96. The van der Waals surface area contributed by atoms with Gasteiger partial charge >= 0.3 is 0 Å². The van der Waals surface area contributed by atoms with Crippen molar-refractivity contribution in [2.24, 2.45) is 5.92 Å². The van der Waals surface area contributed by atoms with E-state index >= 15 is 0 Å². The third kappa shape index (κ3) is 4.00. The molecule has 2 rings (SSSR count). The molecule has 0 fully saturated rings. The zero-order valence-corrected chi connectivity index (χ0v) is 11.2. The quantitative estimate of drug-likeness (QED) is 0.847. The lowest BCUT2D eigenvalue weighted by Crippen LogP contribution is -2.24. The molecule has 0 aliphatic heterocycles. The van der Waals surface area contributed by atoms with E-state index in [4.69, 9.17) is 0 Å². The van der Waals surface area contributed by atoms with Gasteiger partial charge in [-0.1, -0.05) is 40.2 Å². The normalized spacial score (nSPS) is 18.3. The SMILES string of the molecule is O=C(CC1C=CCC1)NCc1ccc(Br)cc1. The highest BCUT2D eigenvalue weighted by Crippen LogP contribution is 2.20. The Hall–Kier alpha value is -1.09. The summed E-state index contributed by atoms with van der Waals surface area (Å²) < 4.78 is 1.06. The molecule has 1 unspecified atom stereocenters. The minimum Gasteiger partial charge on any atom is -0.352 e. The molecule has 0 spiro atoms. The van der Waals surface area contributed by atoms with Crippen molar-refractivity contribution in [2.45, 2.75) is 25.8 Å². The Bertz CT molecular complexity index is 411. The average molecular weight is 294 g/mol. The number of rotatable bonds is 4. The summed E-state index contributed by atoms with van der Waals surface area (Å²) in [5.41, 5.74) is 1.13. The van der Waals surface area contributed by atoms with Gasteiger partial charge in [0, 0.05) is 17.4 Å². The van der Waals surface area contributed by atoms with Crippen LogP contribution in [0.4, 0.5) is 0 Å². The molecule has 1 amide bonds. The third-order valence-electron chi connectivity index (χ3n) is 2.96. The minimum absolute atomic E-state index is 0.143. The summed E-state index contributed by atoms with van der Waals surface area (Å²) >= 11 is 3.39. The minimum atomic E-state index is 0.143. The molecule has 1 aromatic rings. The molecular weight excluding hydrogens is 278 g/mol. The monoisotopic (exact) mass is 293 g/mol. The Morgan fingerprint density at radius 2 is 2.12 bits per heavy atom. The summed E-state index contributed by atoms with van der Waals surface area (Å²) in [6.07, 6.45) is 7.16. The molecule has 1 aliphatic carbocycles. The summed E-state index contributed by atoms with van der Waals surface area (Å²) in [6, 6.07) is 8.00. The van der Waals surface area contributed by atoms with E-state index in [-0.39, 0.29) is 5.91 Å². The van der Waals surface area contributed by atoms with Crippen molar-refractivity contribution in [1.82, 2.24) is 5.32 Å². The number of hydrogen-bond donors (Lipinski definition) is 1. The highest BCUT2D eigenvalue weighted by Gasteiger charge is 2.13. The number of halogens is 1. The zero-order chi connectivity index (χ0) is 12.1. The molecule has 1 N–H and O–H groups in total. The lowest BCUT2D eigenvalue weighted by Gasteiger charge is -2.08. The van der Waals surface area contributed by atoms with Crippen molar-refractivity contribution in [1.29, 1.82) is 0 Å². The van der Waals surface area contributed by atoms with Crippen LogP contribution >= 0.6 is 15.9 Å². The van der Waals surface area contributed by atoms with E-state index < -0.39 is 0 Å². The summed E-state index contributed by atoms with van der Waals surface area (Å²) in [6.45, 7) is 0.614. The van der Waals surface area contributed by atoms with Gasteiger partial charge in [-0.05, 0) is 36.5 Å². The van der Waals surface area contributed by atoms with Gasteiger partial charge in [0.2, 0.25) is 5.91 Å². The molecule has 0 radical (unpaired) electrons. The van der Waals surface area contributed by atoms with Crippen LogP contribution in [0.15, 0.2) is 40.9 Å².